The van der Waals surface area contributed by atoms with Crippen molar-refractivity contribution in [3.8, 4) is 11.5 Å². The number of nitrogens with zero attached hydrogens (tertiary/aromatic N) is 5. The molecule has 9 heteroatoms. The maximum Gasteiger partial charge on any atom is 0.242 e. The summed E-state index contributed by atoms with van der Waals surface area (Å²) in [7, 11) is 0. The smallest absolute Gasteiger partial charge is 0.242 e. The molecule has 124 valence electrons. The number of anilines is 1. The summed E-state index contributed by atoms with van der Waals surface area (Å²) in [6.45, 7) is 2.44. The molecule has 0 bridgehead atoms. The van der Waals surface area contributed by atoms with E-state index in [0.717, 1.165) is 11.0 Å². The number of nitrogens with two attached hydrogens (primary N) is 1. The number of carbonyl (C=O) groups is 1. The zero-order valence-electron chi connectivity index (χ0n) is 12.9. The quantitative estimate of drug-likeness (QED) is 0.746. The number of benzene rings is 1. The molecule has 0 unspecified atom stereocenters. The first kappa shape index (κ1) is 14.6. The van der Waals surface area contributed by atoms with Crippen molar-refractivity contribution in [1.82, 2.24) is 24.8 Å². The van der Waals surface area contributed by atoms with E-state index in [0.29, 0.717) is 37.8 Å². The molecule has 1 fully saturated rings. The lowest BCUT2D eigenvalue weighted by Gasteiger charge is -2.27. The second kappa shape index (κ2) is 5.93. The molecule has 0 spiro atoms. The molecule has 3 aromatic rings. The maximum absolute atomic E-state index is 12.6. The van der Waals surface area contributed by atoms with E-state index in [4.69, 9.17) is 10.5 Å². The molecule has 1 aliphatic rings. The first-order valence-electron chi connectivity index (χ1n) is 7.63. The van der Waals surface area contributed by atoms with Gasteiger partial charge in [0.2, 0.25) is 5.91 Å². The van der Waals surface area contributed by atoms with Crippen LogP contribution in [0.15, 0.2) is 28.9 Å². The minimum absolute atomic E-state index is 0.00210. The van der Waals surface area contributed by atoms with Crippen molar-refractivity contribution in [1.29, 1.82) is 0 Å². The van der Waals surface area contributed by atoms with Crippen LogP contribution in [0.2, 0.25) is 0 Å². The van der Waals surface area contributed by atoms with Gasteiger partial charge in [-0.15, -0.1) is 0 Å². The van der Waals surface area contributed by atoms with Gasteiger partial charge in [0.05, 0.1) is 24.2 Å². The highest BCUT2D eigenvalue weighted by Gasteiger charge is 2.23. The number of rotatable bonds is 3. The number of carbonyl (C=O) groups excluding carboxylic acids is 1. The van der Waals surface area contributed by atoms with Gasteiger partial charge in [0.1, 0.15) is 6.54 Å². The van der Waals surface area contributed by atoms with E-state index in [1.807, 2.05) is 24.3 Å². The highest BCUT2D eigenvalue weighted by Crippen LogP contribution is 2.26. The van der Waals surface area contributed by atoms with Gasteiger partial charge in [-0.25, -0.2) is 9.61 Å². The lowest BCUT2D eigenvalue weighted by Crippen LogP contribution is -2.42. The Kier molecular flexibility index (Phi) is 3.62. The van der Waals surface area contributed by atoms with Crippen LogP contribution in [-0.4, -0.2) is 57.0 Å². The number of hydrogen-bond donors (Lipinski definition) is 1. The van der Waals surface area contributed by atoms with Gasteiger partial charge in [0.25, 0.3) is 0 Å². The lowest BCUT2D eigenvalue weighted by atomic mass is 10.3. The predicted octanol–water partition coefficient (Wildman–Crippen LogP) is 0.527. The van der Waals surface area contributed by atoms with Gasteiger partial charge in [-0.05, 0) is 22.4 Å². The molecule has 0 atom stereocenters. The lowest BCUT2D eigenvalue weighted by molar-refractivity contribution is -0.135. The normalized spacial score (nSPS) is 15.1. The molecule has 0 saturated carbocycles. The number of ether oxygens (including phenoxy) is 1. The summed E-state index contributed by atoms with van der Waals surface area (Å²) in [6, 6.07) is 7.56. The monoisotopic (exact) mass is 328 g/mol. The standard InChI is InChI=1S/C15H16N6O3/c16-14-13(18-24-19-14)15-17-10-3-1-2-4-11(10)21(15)9-12(22)20-5-7-23-8-6-20/h1-4H,5-9H2,(H2,16,19). The van der Waals surface area contributed by atoms with Crippen LogP contribution in [0, 0.1) is 0 Å². The Hall–Kier alpha value is -2.94. The molecule has 24 heavy (non-hydrogen) atoms. The van der Waals surface area contributed by atoms with E-state index in [1.165, 1.54) is 0 Å². The molecule has 0 aliphatic carbocycles. The Morgan fingerprint density at radius 1 is 1.21 bits per heavy atom. The van der Waals surface area contributed by atoms with E-state index in [-0.39, 0.29) is 18.3 Å². The third-order valence-electron chi connectivity index (χ3n) is 4.04. The Morgan fingerprint density at radius 3 is 2.75 bits per heavy atom. The van der Waals surface area contributed by atoms with E-state index < -0.39 is 0 Å². The molecular formula is C15H16N6O3. The summed E-state index contributed by atoms with van der Waals surface area (Å²) in [4.78, 5) is 19.0. The van der Waals surface area contributed by atoms with Crippen LogP contribution in [0.1, 0.15) is 0 Å². The average molecular weight is 328 g/mol. The fourth-order valence-electron chi connectivity index (χ4n) is 2.81. The van der Waals surface area contributed by atoms with Crippen LogP contribution in [0.4, 0.5) is 5.82 Å². The molecule has 1 aromatic carbocycles. The van der Waals surface area contributed by atoms with E-state index in [9.17, 15) is 4.79 Å². The van der Waals surface area contributed by atoms with E-state index >= 15 is 0 Å². The van der Waals surface area contributed by atoms with Crippen LogP contribution in [0.3, 0.4) is 0 Å². The summed E-state index contributed by atoms with van der Waals surface area (Å²) in [5, 5.41) is 7.42. The zero-order valence-corrected chi connectivity index (χ0v) is 12.9. The molecule has 4 rings (SSSR count). The zero-order chi connectivity index (χ0) is 16.5. The Labute approximate surface area is 137 Å². The van der Waals surface area contributed by atoms with Crippen molar-refractivity contribution in [2.75, 3.05) is 32.0 Å². The second-order valence-electron chi connectivity index (χ2n) is 5.50. The minimum Gasteiger partial charge on any atom is -0.379 e. The van der Waals surface area contributed by atoms with Crippen molar-refractivity contribution >= 4 is 22.8 Å². The minimum atomic E-state index is -0.00210. The molecular weight excluding hydrogens is 312 g/mol. The molecule has 3 heterocycles. The summed E-state index contributed by atoms with van der Waals surface area (Å²) < 4.78 is 11.8. The molecule has 0 radical (unpaired) electrons. The van der Waals surface area contributed by atoms with Crippen LogP contribution >= 0.6 is 0 Å². The third-order valence-corrected chi connectivity index (χ3v) is 4.04. The number of morpholine rings is 1. The number of aromatic nitrogens is 4. The van der Waals surface area contributed by atoms with Gasteiger partial charge in [0, 0.05) is 13.1 Å². The highest BCUT2D eigenvalue weighted by molar-refractivity contribution is 5.85. The maximum atomic E-state index is 12.6. The topological polar surface area (TPSA) is 112 Å². The van der Waals surface area contributed by atoms with E-state index in [1.54, 1.807) is 9.47 Å². The number of para-hydroxylation sites is 2. The first-order chi connectivity index (χ1) is 11.7. The molecule has 1 amide bonds. The van der Waals surface area contributed by atoms with Crippen LogP contribution < -0.4 is 5.73 Å². The molecule has 9 nitrogen and oxygen atoms in total. The SMILES string of the molecule is Nc1nonc1-c1nc2ccccc2n1CC(=O)N1CCOCC1. The van der Waals surface area contributed by atoms with Crippen molar-refractivity contribution in [3.05, 3.63) is 24.3 Å². The van der Waals surface area contributed by atoms with Crippen molar-refractivity contribution in [2.45, 2.75) is 6.54 Å². The average Bonchev–Trinajstić information content (AvgIpc) is 3.19. The first-order valence-corrected chi connectivity index (χ1v) is 7.63. The van der Waals surface area contributed by atoms with Crippen LogP contribution in [-0.2, 0) is 16.1 Å². The fraction of sp³-hybridized carbons (Fsp3) is 0.333. The molecule has 1 aliphatic heterocycles. The van der Waals surface area contributed by atoms with Gasteiger partial charge in [-0.3, -0.25) is 4.79 Å². The van der Waals surface area contributed by atoms with Crippen molar-refractivity contribution in [3.63, 3.8) is 0 Å². The summed E-state index contributed by atoms with van der Waals surface area (Å²) in [5.74, 6) is 0.611. The number of imidazole rings is 1. The number of nitrogen functional groups attached to an aromatic ring is 1. The van der Waals surface area contributed by atoms with Crippen molar-refractivity contribution in [2.24, 2.45) is 0 Å². The van der Waals surface area contributed by atoms with Gasteiger partial charge < -0.3 is 19.9 Å². The largest absolute Gasteiger partial charge is 0.379 e. The van der Waals surface area contributed by atoms with Gasteiger partial charge >= 0.3 is 0 Å². The molecule has 2 N–H and O–H groups in total. The van der Waals surface area contributed by atoms with Crippen LogP contribution in [0.25, 0.3) is 22.6 Å². The number of hydrogen-bond acceptors (Lipinski definition) is 7. The summed E-state index contributed by atoms with van der Waals surface area (Å²) >= 11 is 0. The molecule has 2 aromatic heterocycles. The Bertz CT molecular complexity index is 880. The van der Waals surface area contributed by atoms with Gasteiger partial charge in [0.15, 0.2) is 17.3 Å². The third kappa shape index (κ3) is 2.48. The number of fused-ring (bicyclic) bond motifs is 1. The highest BCUT2D eigenvalue weighted by atomic mass is 16.6. The Morgan fingerprint density at radius 2 is 2.00 bits per heavy atom. The summed E-state index contributed by atoms with van der Waals surface area (Å²) in [6.07, 6.45) is 0. The fourth-order valence-corrected chi connectivity index (χ4v) is 2.81. The van der Waals surface area contributed by atoms with Gasteiger partial charge in [-0.2, -0.15) is 0 Å². The van der Waals surface area contributed by atoms with Gasteiger partial charge in [-0.1, -0.05) is 12.1 Å². The van der Waals surface area contributed by atoms with E-state index in [2.05, 4.69) is 19.9 Å². The number of amides is 1. The molecule has 1 saturated heterocycles. The Balaban J connectivity index is 1.75. The summed E-state index contributed by atoms with van der Waals surface area (Å²) in [5.41, 5.74) is 7.72. The second-order valence-corrected chi connectivity index (χ2v) is 5.50. The predicted molar refractivity (Wildman–Crippen MR) is 84.8 cm³/mol. The van der Waals surface area contributed by atoms with Crippen LogP contribution in [0.5, 0.6) is 0 Å². The van der Waals surface area contributed by atoms with Crippen molar-refractivity contribution < 1.29 is 14.2 Å².